The van der Waals surface area contributed by atoms with Crippen LogP contribution in [0.15, 0.2) is 17.0 Å². The van der Waals surface area contributed by atoms with E-state index in [9.17, 15) is 14.8 Å². The lowest BCUT2D eigenvalue weighted by Crippen LogP contribution is -2.11. The van der Waals surface area contributed by atoms with Crippen molar-refractivity contribution in [2.75, 3.05) is 11.7 Å². The molecule has 1 rings (SSSR count). The van der Waals surface area contributed by atoms with Gasteiger partial charge < -0.3 is 9.59 Å². The third-order valence-electron chi connectivity index (χ3n) is 3.37. The molecule has 0 aliphatic rings. The average molecular weight is 309 g/mol. The minimum Gasteiger partial charge on any atom is -0.303 e. The zero-order valence-corrected chi connectivity index (χ0v) is 13.6. The fraction of sp³-hybridized carbons (Fsp3) is 0.500. The van der Waals surface area contributed by atoms with E-state index in [2.05, 4.69) is 19.3 Å². The number of hydrogen-bond donors (Lipinski definition) is 2. The summed E-state index contributed by atoms with van der Waals surface area (Å²) in [6, 6.07) is 3.74. The molecule has 0 saturated carbocycles. The Bertz CT molecular complexity index is 489. The molecule has 1 aromatic carbocycles. The van der Waals surface area contributed by atoms with E-state index in [-0.39, 0.29) is 12.3 Å². The molecule has 0 bridgehead atoms. The predicted octanol–water partition coefficient (Wildman–Crippen LogP) is 3.35. The van der Waals surface area contributed by atoms with Gasteiger partial charge in [0, 0.05) is 17.2 Å². The Labute approximate surface area is 130 Å². The van der Waals surface area contributed by atoms with Crippen LogP contribution in [0, 0.1) is 11.8 Å². The van der Waals surface area contributed by atoms with E-state index in [0.29, 0.717) is 18.0 Å². The molecule has 0 spiro atoms. The molecule has 116 valence electrons. The third kappa shape index (κ3) is 4.86. The lowest BCUT2D eigenvalue weighted by Gasteiger charge is -2.19. The minimum absolute atomic E-state index is 0.249. The second kappa shape index (κ2) is 8.85. The highest BCUT2D eigenvalue weighted by Gasteiger charge is 2.17. The maximum Gasteiger partial charge on any atom is 0.123 e. The quantitative estimate of drug-likeness (QED) is 0.416. The number of carbonyl (C=O) groups excluding carboxylic acids is 2. The third-order valence-corrected chi connectivity index (χ3v) is 4.24. The second-order valence-corrected chi connectivity index (χ2v) is 6.31. The van der Waals surface area contributed by atoms with Gasteiger partial charge >= 0.3 is 0 Å². The van der Waals surface area contributed by atoms with Gasteiger partial charge in [-0.3, -0.25) is 10.7 Å². The molecule has 0 saturated heterocycles. The van der Waals surface area contributed by atoms with Crippen molar-refractivity contribution in [1.82, 2.24) is 0 Å². The minimum atomic E-state index is -0.281. The molecule has 0 fully saturated rings. The van der Waals surface area contributed by atoms with Crippen LogP contribution in [0.2, 0.25) is 0 Å². The molecule has 0 aromatic heterocycles. The maximum absolute atomic E-state index is 11.1. The molecule has 0 amide bonds. The molecule has 21 heavy (non-hydrogen) atoms. The van der Waals surface area contributed by atoms with Crippen LogP contribution < -0.4 is 5.48 Å². The molecule has 0 heterocycles. The Hall–Kier alpha value is -1.33. The van der Waals surface area contributed by atoms with Crippen LogP contribution in [0.4, 0.5) is 5.69 Å². The Balaban J connectivity index is 3.22. The first-order valence-corrected chi connectivity index (χ1v) is 8.27. The van der Waals surface area contributed by atoms with E-state index in [1.807, 2.05) is 18.4 Å². The molecular weight excluding hydrogens is 286 g/mol. The normalized spacial score (nSPS) is 12.2. The molecule has 4 nitrogen and oxygen atoms in total. The fourth-order valence-corrected chi connectivity index (χ4v) is 3.20. The highest BCUT2D eigenvalue weighted by atomic mass is 32.2. The van der Waals surface area contributed by atoms with Crippen molar-refractivity contribution in [2.45, 2.75) is 38.0 Å². The van der Waals surface area contributed by atoms with Crippen molar-refractivity contribution in [3.63, 3.8) is 0 Å². The van der Waals surface area contributed by atoms with Crippen molar-refractivity contribution >= 4 is 30.0 Å². The van der Waals surface area contributed by atoms with Crippen LogP contribution in [0.5, 0.6) is 0 Å². The average Bonchev–Trinajstić information content (AvgIpc) is 2.47. The van der Waals surface area contributed by atoms with E-state index in [0.717, 1.165) is 35.0 Å². The monoisotopic (exact) mass is 309 g/mol. The summed E-state index contributed by atoms with van der Waals surface area (Å²) in [7, 11) is 0. The SMILES string of the molecule is CSc1c(NO)ccc(C[C@@H](C=O)CC=O)c1CC(C)C. The summed E-state index contributed by atoms with van der Waals surface area (Å²) in [5.41, 5.74) is 5.14. The standard InChI is InChI=1S/C16H23NO3S/c1-11(2)8-14-13(9-12(10-19)6-7-18)4-5-15(17-20)16(14)21-3/h4-5,7,10-12,17,20H,6,8-9H2,1-3H3/t12-/m0/s1. The summed E-state index contributed by atoms with van der Waals surface area (Å²) in [4.78, 5) is 22.7. The molecule has 5 heteroatoms. The van der Waals surface area contributed by atoms with Gasteiger partial charge in [-0.15, -0.1) is 11.8 Å². The molecule has 1 aromatic rings. The topological polar surface area (TPSA) is 66.4 Å². The number of benzene rings is 1. The van der Waals surface area contributed by atoms with Gasteiger partial charge in [0.05, 0.1) is 5.69 Å². The summed E-state index contributed by atoms with van der Waals surface area (Å²) in [5.74, 6) is 0.181. The molecular formula is C16H23NO3S. The van der Waals surface area contributed by atoms with Gasteiger partial charge in [-0.1, -0.05) is 19.9 Å². The van der Waals surface area contributed by atoms with Gasteiger partial charge in [-0.05, 0) is 42.2 Å². The Kier molecular flexibility index (Phi) is 7.47. The first kappa shape index (κ1) is 17.7. The Morgan fingerprint density at radius 1 is 1.29 bits per heavy atom. The van der Waals surface area contributed by atoms with Gasteiger partial charge in [0.15, 0.2) is 0 Å². The van der Waals surface area contributed by atoms with Crippen LogP contribution in [0.1, 0.15) is 31.4 Å². The lowest BCUT2D eigenvalue weighted by molar-refractivity contribution is -0.115. The van der Waals surface area contributed by atoms with Crippen LogP contribution >= 0.6 is 11.8 Å². The molecule has 0 radical (unpaired) electrons. The number of nitrogens with one attached hydrogen (secondary N) is 1. The summed E-state index contributed by atoms with van der Waals surface area (Å²) in [6.07, 6.45) is 5.29. The summed E-state index contributed by atoms with van der Waals surface area (Å²) < 4.78 is 0. The van der Waals surface area contributed by atoms with Crippen LogP contribution in [0.25, 0.3) is 0 Å². The molecule has 2 N–H and O–H groups in total. The predicted molar refractivity (Wildman–Crippen MR) is 86.1 cm³/mol. The zero-order chi connectivity index (χ0) is 15.8. The molecule has 0 aliphatic heterocycles. The highest BCUT2D eigenvalue weighted by Crippen LogP contribution is 2.34. The van der Waals surface area contributed by atoms with Crippen LogP contribution in [-0.2, 0) is 22.4 Å². The van der Waals surface area contributed by atoms with Gasteiger partial charge in [0.2, 0.25) is 0 Å². The summed E-state index contributed by atoms with van der Waals surface area (Å²) in [5, 5.41) is 9.25. The first-order chi connectivity index (χ1) is 10.1. The number of hydrogen-bond acceptors (Lipinski definition) is 5. The number of rotatable bonds is 9. The number of carbonyl (C=O) groups is 2. The number of thioether (sulfide) groups is 1. The van der Waals surface area contributed by atoms with Crippen molar-refractivity contribution < 1.29 is 14.8 Å². The van der Waals surface area contributed by atoms with Crippen molar-refractivity contribution in [3.05, 3.63) is 23.3 Å². The number of aldehydes is 2. The van der Waals surface area contributed by atoms with Gasteiger partial charge in [0.25, 0.3) is 0 Å². The molecule has 1 atom stereocenters. The smallest absolute Gasteiger partial charge is 0.123 e. The molecule has 0 unspecified atom stereocenters. The Morgan fingerprint density at radius 3 is 2.48 bits per heavy atom. The van der Waals surface area contributed by atoms with E-state index in [4.69, 9.17) is 0 Å². The summed E-state index contributed by atoms with van der Waals surface area (Å²) >= 11 is 1.57. The first-order valence-electron chi connectivity index (χ1n) is 7.05. The summed E-state index contributed by atoms with van der Waals surface area (Å²) in [6.45, 7) is 4.27. The van der Waals surface area contributed by atoms with Crippen molar-refractivity contribution in [1.29, 1.82) is 0 Å². The van der Waals surface area contributed by atoms with E-state index >= 15 is 0 Å². The van der Waals surface area contributed by atoms with Crippen molar-refractivity contribution in [3.8, 4) is 0 Å². The second-order valence-electron chi connectivity index (χ2n) is 5.50. The van der Waals surface area contributed by atoms with Gasteiger partial charge in [-0.2, -0.15) is 0 Å². The fourth-order valence-electron chi connectivity index (χ4n) is 2.41. The van der Waals surface area contributed by atoms with E-state index < -0.39 is 0 Å². The highest BCUT2D eigenvalue weighted by molar-refractivity contribution is 7.98. The van der Waals surface area contributed by atoms with E-state index in [1.54, 1.807) is 11.8 Å². The lowest BCUT2D eigenvalue weighted by atomic mass is 9.90. The van der Waals surface area contributed by atoms with Gasteiger partial charge in [-0.25, -0.2) is 0 Å². The van der Waals surface area contributed by atoms with Crippen LogP contribution in [0.3, 0.4) is 0 Å². The zero-order valence-electron chi connectivity index (χ0n) is 12.8. The van der Waals surface area contributed by atoms with Crippen LogP contribution in [-0.4, -0.2) is 24.0 Å². The largest absolute Gasteiger partial charge is 0.303 e. The molecule has 0 aliphatic carbocycles. The van der Waals surface area contributed by atoms with Crippen molar-refractivity contribution in [2.24, 2.45) is 11.8 Å². The maximum atomic E-state index is 11.1. The number of anilines is 1. The Morgan fingerprint density at radius 2 is 2.00 bits per heavy atom. The van der Waals surface area contributed by atoms with E-state index in [1.165, 1.54) is 0 Å². The van der Waals surface area contributed by atoms with Gasteiger partial charge in [0.1, 0.15) is 12.6 Å².